The van der Waals surface area contributed by atoms with E-state index in [2.05, 4.69) is 17.0 Å². The molecule has 0 atom stereocenters. The number of ether oxygens (including phenoxy) is 3. The first-order valence-electron chi connectivity index (χ1n) is 8.62. The fourth-order valence-electron chi connectivity index (χ4n) is 2.43. The van der Waals surface area contributed by atoms with Gasteiger partial charge in [0.25, 0.3) is 5.91 Å². The zero-order chi connectivity index (χ0) is 19.6. The van der Waals surface area contributed by atoms with Crippen molar-refractivity contribution in [3.63, 3.8) is 0 Å². The van der Waals surface area contributed by atoms with Crippen molar-refractivity contribution in [1.29, 1.82) is 0 Å². The maximum Gasteiger partial charge on any atom is 0.387 e. The van der Waals surface area contributed by atoms with E-state index in [0.29, 0.717) is 18.7 Å². The van der Waals surface area contributed by atoms with E-state index in [1.54, 1.807) is 12.1 Å². The second-order valence-corrected chi connectivity index (χ2v) is 5.75. The predicted molar refractivity (Wildman–Crippen MR) is 97.7 cm³/mol. The van der Waals surface area contributed by atoms with Gasteiger partial charge in [-0.15, -0.1) is 0 Å². The Morgan fingerprint density at radius 2 is 1.78 bits per heavy atom. The molecule has 1 N–H and O–H groups in total. The van der Waals surface area contributed by atoms with Crippen LogP contribution in [-0.2, 0) is 17.6 Å². The van der Waals surface area contributed by atoms with Crippen molar-refractivity contribution in [2.24, 2.45) is 0 Å². The highest BCUT2D eigenvalue weighted by Gasteiger charge is 2.11. The van der Waals surface area contributed by atoms with Crippen LogP contribution in [0.5, 0.6) is 17.2 Å². The third-order valence-electron chi connectivity index (χ3n) is 3.88. The van der Waals surface area contributed by atoms with Crippen LogP contribution in [0, 0.1) is 0 Å². The highest BCUT2D eigenvalue weighted by Crippen LogP contribution is 2.29. The molecule has 0 spiro atoms. The highest BCUT2D eigenvalue weighted by molar-refractivity contribution is 5.77. The summed E-state index contributed by atoms with van der Waals surface area (Å²) < 4.78 is 39.5. The van der Waals surface area contributed by atoms with Crippen LogP contribution in [0.2, 0.25) is 0 Å². The largest absolute Gasteiger partial charge is 0.493 e. The number of methoxy groups -OCH3 is 1. The Bertz CT molecular complexity index is 735. The minimum absolute atomic E-state index is 0.0252. The number of rotatable bonds is 10. The minimum Gasteiger partial charge on any atom is -0.493 e. The molecule has 0 unspecified atom stereocenters. The van der Waals surface area contributed by atoms with Crippen molar-refractivity contribution in [2.45, 2.75) is 26.4 Å². The third kappa shape index (κ3) is 6.77. The third-order valence-corrected chi connectivity index (χ3v) is 3.88. The van der Waals surface area contributed by atoms with E-state index >= 15 is 0 Å². The summed E-state index contributed by atoms with van der Waals surface area (Å²) in [5.41, 5.74) is 2.03. The van der Waals surface area contributed by atoms with Crippen LogP contribution in [0.15, 0.2) is 42.5 Å². The average Bonchev–Trinajstić information content (AvgIpc) is 2.67. The van der Waals surface area contributed by atoms with Crippen molar-refractivity contribution in [1.82, 2.24) is 5.32 Å². The van der Waals surface area contributed by atoms with E-state index in [0.717, 1.165) is 12.0 Å². The molecule has 0 aromatic heterocycles. The molecule has 0 saturated carbocycles. The Morgan fingerprint density at radius 1 is 1.07 bits per heavy atom. The zero-order valence-corrected chi connectivity index (χ0v) is 15.3. The molecule has 0 radical (unpaired) electrons. The lowest BCUT2D eigenvalue weighted by Crippen LogP contribution is -2.30. The van der Waals surface area contributed by atoms with Gasteiger partial charge in [0.15, 0.2) is 18.1 Å². The lowest BCUT2D eigenvalue weighted by Gasteiger charge is -2.12. The van der Waals surface area contributed by atoms with Gasteiger partial charge in [0.2, 0.25) is 0 Å². The molecule has 0 saturated heterocycles. The van der Waals surface area contributed by atoms with Crippen molar-refractivity contribution >= 4 is 5.91 Å². The molecule has 1 amide bonds. The first-order valence-corrected chi connectivity index (χ1v) is 8.62. The van der Waals surface area contributed by atoms with E-state index in [1.165, 1.54) is 18.7 Å². The van der Waals surface area contributed by atoms with Crippen LogP contribution in [0.3, 0.4) is 0 Å². The molecule has 27 heavy (non-hydrogen) atoms. The van der Waals surface area contributed by atoms with Crippen LogP contribution in [0.4, 0.5) is 8.78 Å². The number of hydrogen-bond donors (Lipinski definition) is 1. The molecule has 5 nitrogen and oxygen atoms in total. The van der Waals surface area contributed by atoms with Gasteiger partial charge in [-0.25, -0.2) is 0 Å². The fraction of sp³-hybridized carbons (Fsp3) is 0.350. The van der Waals surface area contributed by atoms with Crippen LogP contribution < -0.4 is 19.5 Å². The first-order chi connectivity index (χ1) is 13.0. The lowest BCUT2D eigenvalue weighted by molar-refractivity contribution is -0.123. The van der Waals surface area contributed by atoms with Crippen molar-refractivity contribution in [3.8, 4) is 17.2 Å². The first kappa shape index (κ1) is 20.5. The summed E-state index contributed by atoms with van der Waals surface area (Å²) in [5, 5.41) is 2.75. The van der Waals surface area contributed by atoms with Gasteiger partial charge in [-0.05, 0) is 48.2 Å². The Balaban J connectivity index is 1.77. The standard InChI is InChI=1S/C20H23F2NO4/c1-3-14-4-7-16(8-5-14)26-13-19(24)23-11-10-15-6-9-17(27-20(21)22)18(12-15)25-2/h4-9,12,20H,3,10-11,13H2,1-2H3,(H,23,24). The molecular weight excluding hydrogens is 356 g/mol. The molecule has 146 valence electrons. The average molecular weight is 379 g/mol. The molecule has 2 aromatic rings. The Labute approximate surface area is 157 Å². The van der Waals surface area contributed by atoms with E-state index in [4.69, 9.17) is 9.47 Å². The Hall–Kier alpha value is -2.83. The molecule has 0 fully saturated rings. The quantitative estimate of drug-likeness (QED) is 0.685. The number of carbonyl (C=O) groups is 1. The molecule has 0 bridgehead atoms. The summed E-state index contributed by atoms with van der Waals surface area (Å²) in [6, 6.07) is 12.3. The zero-order valence-electron chi connectivity index (χ0n) is 15.3. The van der Waals surface area contributed by atoms with Gasteiger partial charge in [-0.3, -0.25) is 4.79 Å². The summed E-state index contributed by atoms with van der Waals surface area (Å²) in [7, 11) is 1.38. The van der Waals surface area contributed by atoms with Gasteiger partial charge in [0.05, 0.1) is 7.11 Å². The number of alkyl halides is 2. The summed E-state index contributed by atoms with van der Waals surface area (Å²) in [6.45, 7) is -0.536. The predicted octanol–water partition coefficient (Wildman–Crippen LogP) is 3.60. The SMILES string of the molecule is CCc1ccc(OCC(=O)NCCc2ccc(OC(F)F)c(OC)c2)cc1. The smallest absolute Gasteiger partial charge is 0.387 e. The van der Waals surface area contributed by atoms with E-state index in [-0.39, 0.29) is 24.0 Å². The van der Waals surface area contributed by atoms with E-state index in [1.807, 2.05) is 24.3 Å². The highest BCUT2D eigenvalue weighted by atomic mass is 19.3. The lowest BCUT2D eigenvalue weighted by atomic mass is 10.1. The van der Waals surface area contributed by atoms with Crippen molar-refractivity contribution < 1.29 is 27.8 Å². The number of amides is 1. The minimum atomic E-state index is -2.91. The second kappa shape index (κ2) is 10.4. The van der Waals surface area contributed by atoms with E-state index < -0.39 is 6.61 Å². The normalized spacial score (nSPS) is 10.6. The number of hydrogen-bond acceptors (Lipinski definition) is 4. The second-order valence-electron chi connectivity index (χ2n) is 5.75. The van der Waals surface area contributed by atoms with Gasteiger partial charge in [0, 0.05) is 6.54 Å². The number of nitrogens with one attached hydrogen (secondary N) is 1. The fourth-order valence-corrected chi connectivity index (χ4v) is 2.43. The van der Waals surface area contributed by atoms with Crippen LogP contribution in [0.25, 0.3) is 0 Å². The van der Waals surface area contributed by atoms with Gasteiger partial charge in [-0.1, -0.05) is 25.1 Å². The molecule has 0 aliphatic rings. The van der Waals surface area contributed by atoms with Crippen LogP contribution in [-0.4, -0.2) is 32.8 Å². The maximum atomic E-state index is 12.3. The number of carbonyl (C=O) groups excluding carboxylic acids is 1. The van der Waals surface area contributed by atoms with Crippen LogP contribution in [0.1, 0.15) is 18.1 Å². The topological polar surface area (TPSA) is 56.8 Å². The summed E-state index contributed by atoms with van der Waals surface area (Å²) >= 11 is 0. The molecule has 0 heterocycles. The maximum absolute atomic E-state index is 12.3. The molecule has 7 heteroatoms. The van der Waals surface area contributed by atoms with Gasteiger partial charge in [-0.2, -0.15) is 8.78 Å². The molecule has 0 aliphatic heterocycles. The van der Waals surface area contributed by atoms with E-state index in [9.17, 15) is 13.6 Å². The Morgan fingerprint density at radius 3 is 2.41 bits per heavy atom. The van der Waals surface area contributed by atoms with Crippen molar-refractivity contribution in [2.75, 3.05) is 20.3 Å². The Kier molecular flexibility index (Phi) is 7.85. The number of aryl methyl sites for hydroxylation is 1. The molecule has 0 aliphatic carbocycles. The summed E-state index contributed by atoms with van der Waals surface area (Å²) in [4.78, 5) is 11.9. The summed E-state index contributed by atoms with van der Waals surface area (Å²) in [6.07, 6.45) is 1.46. The van der Waals surface area contributed by atoms with Gasteiger partial charge in [0.1, 0.15) is 5.75 Å². The number of halogens is 2. The number of benzene rings is 2. The molecular formula is C20H23F2NO4. The van der Waals surface area contributed by atoms with Crippen molar-refractivity contribution in [3.05, 3.63) is 53.6 Å². The monoisotopic (exact) mass is 379 g/mol. The summed E-state index contributed by atoms with van der Waals surface area (Å²) in [5.74, 6) is 0.599. The molecule has 2 rings (SSSR count). The van der Waals surface area contributed by atoms with Crippen LogP contribution >= 0.6 is 0 Å². The van der Waals surface area contributed by atoms with Gasteiger partial charge >= 0.3 is 6.61 Å². The van der Waals surface area contributed by atoms with Gasteiger partial charge < -0.3 is 19.5 Å². The molecule has 2 aromatic carbocycles.